The number of carbonyl (C=O) groups is 2. The first kappa shape index (κ1) is 18.7. The van der Waals surface area contributed by atoms with Gasteiger partial charge in [-0.2, -0.15) is 35.8 Å². The highest BCUT2D eigenvalue weighted by Crippen LogP contribution is 2.46. The fourth-order valence-corrected chi connectivity index (χ4v) is 1.35. The van der Waals surface area contributed by atoms with Crippen LogP contribution in [0.25, 0.3) is 0 Å². The molecule has 1 rings (SSSR count). The van der Waals surface area contributed by atoms with E-state index in [0.29, 0.717) is 0 Å². The molecule has 0 aliphatic heterocycles. The fraction of sp³-hybridized carbons (Fsp3) is 0.500. The van der Waals surface area contributed by atoms with Crippen molar-refractivity contribution in [2.45, 2.75) is 18.0 Å². The molecule has 1 N–H and O–H groups in total. The zero-order valence-electron chi connectivity index (χ0n) is 11.3. The van der Waals surface area contributed by atoms with Gasteiger partial charge in [0, 0.05) is 13.2 Å². The number of esters is 1. The van der Waals surface area contributed by atoms with E-state index < -0.39 is 41.3 Å². The molecule has 0 unspecified atom stereocenters. The maximum absolute atomic E-state index is 13.2. The second-order valence-electron chi connectivity index (χ2n) is 4.16. The zero-order valence-corrected chi connectivity index (χ0v) is 11.3. The van der Waals surface area contributed by atoms with Crippen LogP contribution in [0.4, 0.5) is 36.4 Å². The van der Waals surface area contributed by atoms with Gasteiger partial charge in [-0.1, -0.05) is 0 Å². The number of ether oxygens (including phenoxy) is 1. The van der Waals surface area contributed by atoms with Crippen LogP contribution in [0, 0.1) is 0 Å². The average molecular weight is 351 g/mol. The molecule has 0 saturated heterocycles. The van der Waals surface area contributed by atoms with Gasteiger partial charge in [-0.15, -0.1) is 0 Å². The lowest BCUT2D eigenvalue weighted by atomic mass is 10.1. The Morgan fingerprint density at radius 3 is 2.13 bits per heavy atom. The Kier molecular flexibility index (Phi) is 4.64. The summed E-state index contributed by atoms with van der Waals surface area (Å²) in [6, 6.07) is 0. The number of nitrogens with zero attached hydrogens (tertiary/aromatic N) is 2. The summed E-state index contributed by atoms with van der Waals surface area (Å²) in [6.45, 7) is 0. The molecule has 0 saturated carbocycles. The topological polar surface area (TPSA) is 73.2 Å². The van der Waals surface area contributed by atoms with E-state index in [0.717, 1.165) is 23.3 Å². The second kappa shape index (κ2) is 5.70. The van der Waals surface area contributed by atoms with E-state index in [-0.39, 0.29) is 0 Å². The number of anilines is 1. The molecule has 1 heterocycles. The third-order valence-corrected chi connectivity index (χ3v) is 2.49. The summed E-state index contributed by atoms with van der Waals surface area (Å²) in [5.41, 5.74) is -1.57. The Hall–Kier alpha value is -2.34. The van der Waals surface area contributed by atoms with Crippen LogP contribution in [0.2, 0.25) is 0 Å². The van der Waals surface area contributed by atoms with Gasteiger partial charge in [0.25, 0.3) is 0 Å². The summed E-state index contributed by atoms with van der Waals surface area (Å²) in [5.74, 6) is -16.9. The van der Waals surface area contributed by atoms with Crippen LogP contribution in [-0.2, 0) is 16.6 Å². The Labute approximate surface area is 123 Å². The quantitative estimate of drug-likeness (QED) is 0.665. The third kappa shape index (κ3) is 3.22. The molecule has 0 fully saturated rings. The van der Waals surface area contributed by atoms with E-state index in [1.165, 1.54) is 7.05 Å². The predicted octanol–water partition coefficient (Wildman–Crippen LogP) is 1.98. The van der Waals surface area contributed by atoms with Gasteiger partial charge in [-0.25, -0.2) is 4.79 Å². The van der Waals surface area contributed by atoms with E-state index in [1.807, 2.05) is 0 Å². The Balaban J connectivity index is 3.16. The third-order valence-electron chi connectivity index (χ3n) is 2.49. The summed E-state index contributed by atoms with van der Waals surface area (Å²) in [5, 5.41) is 4.51. The number of hydrogen-bond acceptors (Lipinski definition) is 4. The molecule has 0 radical (unpaired) electrons. The number of halogens is 7. The predicted molar refractivity (Wildman–Crippen MR) is 59.1 cm³/mol. The van der Waals surface area contributed by atoms with Crippen LogP contribution in [0.15, 0.2) is 6.20 Å². The van der Waals surface area contributed by atoms with Gasteiger partial charge in [-0.3, -0.25) is 9.48 Å². The maximum atomic E-state index is 13.2. The first-order valence-electron chi connectivity index (χ1n) is 5.51. The number of alkyl halides is 7. The molecule has 0 aliphatic rings. The minimum atomic E-state index is -6.66. The number of methoxy groups -OCH3 is 1. The van der Waals surface area contributed by atoms with Crippen molar-refractivity contribution >= 4 is 17.6 Å². The van der Waals surface area contributed by atoms with Gasteiger partial charge in [0.15, 0.2) is 5.69 Å². The fourth-order valence-electron chi connectivity index (χ4n) is 1.35. The number of amides is 1. The number of hydrogen-bond donors (Lipinski definition) is 1. The van der Waals surface area contributed by atoms with Crippen LogP contribution >= 0.6 is 0 Å². The number of aryl methyl sites for hydroxylation is 1. The molecule has 0 aromatic carbocycles. The highest BCUT2D eigenvalue weighted by atomic mass is 19.4. The van der Waals surface area contributed by atoms with Gasteiger partial charge < -0.3 is 10.1 Å². The molecule has 1 aromatic rings. The standard InChI is InChI=1S/C10H8F7N3O3/c1-20-3-4(5(19-20)6(21)23-2)18-7(22)8(11,12)9(13,14)10(15,16)17/h3H,1-2H3,(H,18,22). The second-order valence-corrected chi connectivity index (χ2v) is 4.16. The minimum Gasteiger partial charge on any atom is -0.464 e. The van der Waals surface area contributed by atoms with Crippen molar-refractivity contribution < 1.29 is 45.1 Å². The Bertz CT molecular complexity index is 624. The lowest BCUT2D eigenvalue weighted by Crippen LogP contribution is -2.57. The highest BCUT2D eigenvalue weighted by Gasteiger charge is 2.76. The van der Waals surface area contributed by atoms with Crippen LogP contribution in [0.1, 0.15) is 10.5 Å². The molecule has 6 nitrogen and oxygen atoms in total. The maximum Gasteiger partial charge on any atom is 0.460 e. The molecule has 0 bridgehead atoms. The average Bonchev–Trinajstić information content (AvgIpc) is 2.77. The molecule has 1 aromatic heterocycles. The van der Waals surface area contributed by atoms with Gasteiger partial charge in [0.2, 0.25) is 0 Å². The number of aromatic nitrogens is 2. The number of rotatable bonds is 4. The SMILES string of the molecule is COC(=O)c1nn(C)cc1NC(=O)C(F)(F)C(F)(F)C(F)(F)F. The molecule has 13 heteroatoms. The molecule has 23 heavy (non-hydrogen) atoms. The molecule has 0 atom stereocenters. The van der Waals surface area contributed by atoms with Crippen LogP contribution in [0.3, 0.4) is 0 Å². The van der Waals surface area contributed by atoms with E-state index in [1.54, 1.807) is 0 Å². The molecular weight excluding hydrogens is 343 g/mol. The van der Waals surface area contributed by atoms with Gasteiger partial charge in [0.1, 0.15) is 0 Å². The van der Waals surface area contributed by atoms with Crippen LogP contribution < -0.4 is 5.32 Å². The number of carbonyl (C=O) groups excluding carboxylic acids is 2. The Morgan fingerprint density at radius 1 is 1.17 bits per heavy atom. The zero-order chi connectivity index (χ0) is 18.2. The van der Waals surface area contributed by atoms with Gasteiger partial charge in [-0.05, 0) is 0 Å². The number of nitrogens with one attached hydrogen (secondary N) is 1. The van der Waals surface area contributed by atoms with Gasteiger partial charge >= 0.3 is 29.9 Å². The van der Waals surface area contributed by atoms with Crippen molar-refractivity contribution in [3.63, 3.8) is 0 Å². The van der Waals surface area contributed by atoms with E-state index in [4.69, 9.17) is 0 Å². The van der Waals surface area contributed by atoms with Crippen molar-refractivity contribution in [1.29, 1.82) is 0 Å². The van der Waals surface area contributed by atoms with Crippen LogP contribution in [-0.4, -0.2) is 46.8 Å². The van der Waals surface area contributed by atoms with Crippen molar-refractivity contribution in [3.8, 4) is 0 Å². The molecule has 0 aliphatic carbocycles. The van der Waals surface area contributed by atoms with Crippen molar-refractivity contribution in [2.24, 2.45) is 7.05 Å². The van der Waals surface area contributed by atoms with Crippen molar-refractivity contribution in [3.05, 3.63) is 11.9 Å². The largest absolute Gasteiger partial charge is 0.464 e. The lowest BCUT2D eigenvalue weighted by Gasteiger charge is -2.26. The molecule has 130 valence electrons. The molecule has 0 spiro atoms. The summed E-state index contributed by atoms with van der Waals surface area (Å²) in [7, 11) is 2.04. The van der Waals surface area contributed by atoms with Crippen molar-refractivity contribution in [1.82, 2.24) is 9.78 Å². The summed E-state index contributed by atoms with van der Waals surface area (Å²) in [4.78, 5) is 22.4. The van der Waals surface area contributed by atoms with E-state index in [2.05, 4.69) is 9.84 Å². The van der Waals surface area contributed by atoms with E-state index >= 15 is 0 Å². The highest BCUT2D eigenvalue weighted by molar-refractivity contribution is 6.02. The monoisotopic (exact) mass is 351 g/mol. The normalized spacial score (nSPS) is 12.9. The first-order valence-corrected chi connectivity index (χ1v) is 5.51. The summed E-state index contributed by atoms with van der Waals surface area (Å²) >= 11 is 0. The smallest absolute Gasteiger partial charge is 0.460 e. The Morgan fingerprint density at radius 2 is 1.70 bits per heavy atom. The lowest BCUT2D eigenvalue weighted by molar-refractivity contribution is -0.343. The summed E-state index contributed by atoms with van der Waals surface area (Å²) in [6.07, 6.45) is -5.92. The van der Waals surface area contributed by atoms with Gasteiger partial charge in [0.05, 0.1) is 12.8 Å². The minimum absolute atomic E-state index is 0.742. The molecule has 1 amide bonds. The van der Waals surface area contributed by atoms with E-state index in [9.17, 15) is 40.3 Å². The van der Waals surface area contributed by atoms with Crippen molar-refractivity contribution in [2.75, 3.05) is 12.4 Å². The van der Waals surface area contributed by atoms with Crippen LogP contribution in [0.5, 0.6) is 0 Å². The summed E-state index contributed by atoms with van der Waals surface area (Å²) < 4.78 is 92.8. The molecular formula is C10H8F7N3O3. The first-order chi connectivity index (χ1) is 10.3.